The molecule has 0 saturated carbocycles. The minimum absolute atomic E-state index is 0.0600. The smallest absolute Gasteiger partial charge is 0.229 e. The highest BCUT2D eigenvalue weighted by Crippen LogP contribution is 2.33. The van der Waals surface area contributed by atoms with Gasteiger partial charge in [0, 0.05) is 18.7 Å². The van der Waals surface area contributed by atoms with E-state index in [9.17, 15) is 9.59 Å². The van der Waals surface area contributed by atoms with Crippen molar-refractivity contribution in [3.05, 3.63) is 53.6 Å². The Bertz CT molecular complexity index is 832. The molecular weight excluding hydrogens is 328 g/mol. The van der Waals surface area contributed by atoms with Gasteiger partial charge in [-0.2, -0.15) is 0 Å². The zero-order valence-electron chi connectivity index (χ0n) is 15.4. The predicted octanol–water partition coefficient (Wildman–Crippen LogP) is 3.56. The number of rotatable bonds is 5. The molecule has 1 N–H and O–H groups in total. The summed E-state index contributed by atoms with van der Waals surface area (Å²) in [6, 6.07) is 13.4. The molecule has 0 aliphatic carbocycles. The van der Waals surface area contributed by atoms with Crippen LogP contribution in [-0.4, -0.2) is 25.5 Å². The van der Waals surface area contributed by atoms with E-state index in [2.05, 4.69) is 12.2 Å². The summed E-state index contributed by atoms with van der Waals surface area (Å²) < 4.78 is 5.35. The van der Waals surface area contributed by atoms with Gasteiger partial charge in [0.05, 0.1) is 18.7 Å². The average molecular weight is 352 g/mol. The Balaban J connectivity index is 1.78. The van der Waals surface area contributed by atoms with Gasteiger partial charge in [-0.3, -0.25) is 9.59 Å². The van der Waals surface area contributed by atoms with Crippen molar-refractivity contribution in [2.45, 2.75) is 26.7 Å². The van der Waals surface area contributed by atoms with Crippen molar-refractivity contribution in [3.63, 3.8) is 0 Å². The lowest BCUT2D eigenvalue weighted by Crippen LogP contribution is -2.28. The summed E-state index contributed by atoms with van der Waals surface area (Å²) in [6.45, 7) is 4.40. The van der Waals surface area contributed by atoms with E-state index in [1.807, 2.05) is 49.4 Å². The van der Waals surface area contributed by atoms with Crippen molar-refractivity contribution in [1.29, 1.82) is 0 Å². The van der Waals surface area contributed by atoms with Crippen LogP contribution in [0.3, 0.4) is 0 Å². The largest absolute Gasteiger partial charge is 0.495 e. The number of nitrogens with one attached hydrogen (secondary N) is 1. The van der Waals surface area contributed by atoms with Crippen LogP contribution in [0.2, 0.25) is 0 Å². The second-order valence-corrected chi connectivity index (χ2v) is 6.53. The van der Waals surface area contributed by atoms with Crippen molar-refractivity contribution >= 4 is 23.2 Å². The molecule has 1 aliphatic heterocycles. The molecule has 2 aromatic carbocycles. The molecule has 5 heteroatoms. The molecule has 0 spiro atoms. The van der Waals surface area contributed by atoms with Gasteiger partial charge >= 0.3 is 0 Å². The number of hydrogen-bond acceptors (Lipinski definition) is 3. The number of benzene rings is 2. The molecule has 2 aromatic rings. The zero-order chi connectivity index (χ0) is 18.7. The van der Waals surface area contributed by atoms with Gasteiger partial charge < -0.3 is 15.0 Å². The van der Waals surface area contributed by atoms with E-state index in [-0.39, 0.29) is 24.2 Å². The van der Waals surface area contributed by atoms with E-state index in [1.54, 1.807) is 12.0 Å². The molecule has 3 rings (SSSR count). The molecule has 26 heavy (non-hydrogen) atoms. The van der Waals surface area contributed by atoms with E-state index in [0.717, 1.165) is 23.2 Å². The fourth-order valence-electron chi connectivity index (χ4n) is 3.40. The fourth-order valence-corrected chi connectivity index (χ4v) is 3.40. The van der Waals surface area contributed by atoms with Crippen LogP contribution in [0, 0.1) is 12.8 Å². The number of para-hydroxylation sites is 3. The summed E-state index contributed by atoms with van der Waals surface area (Å²) in [6.07, 6.45) is 1.05. The molecular formula is C21H24N2O3. The number of methoxy groups -OCH3 is 1. The number of carbonyl (C=O) groups is 2. The third-order valence-corrected chi connectivity index (χ3v) is 4.86. The number of nitrogens with zero attached hydrogens (tertiary/aromatic N) is 1. The molecule has 5 nitrogen and oxygen atoms in total. The SMILES string of the molecule is CCc1cccc(C)c1NC(=O)[C@H]1CC(=O)N(c2ccccc2OC)C1. The molecule has 0 bridgehead atoms. The molecule has 1 saturated heterocycles. The third kappa shape index (κ3) is 3.43. The second kappa shape index (κ2) is 7.60. The van der Waals surface area contributed by atoms with Crippen molar-refractivity contribution in [2.24, 2.45) is 5.92 Å². The highest BCUT2D eigenvalue weighted by atomic mass is 16.5. The van der Waals surface area contributed by atoms with Crippen molar-refractivity contribution < 1.29 is 14.3 Å². The Morgan fingerprint density at radius 1 is 1.23 bits per heavy atom. The average Bonchev–Trinajstić information content (AvgIpc) is 3.05. The van der Waals surface area contributed by atoms with Gasteiger partial charge in [0.15, 0.2) is 0 Å². The molecule has 1 atom stereocenters. The minimum Gasteiger partial charge on any atom is -0.495 e. The Hall–Kier alpha value is -2.82. The monoisotopic (exact) mass is 352 g/mol. The van der Waals surface area contributed by atoms with Crippen LogP contribution < -0.4 is 15.0 Å². The van der Waals surface area contributed by atoms with E-state index in [1.165, 1.54) is 0 Å². The molecule has 1 aliphatic rings. The summed E-state index contributed by atoms with van der Waals surface area (Å²) in [4.78, 5) is 26.9. The standard InChI is InChI=1S/C21H24N2O3/c1-4-15-9-7-8-14(2)20(15)22-21(25)16-12-19(24)23(13-16)17-10-5-6-11-18(17)26-3/h5-11,16H,4,12-13H2,1-3H3,(H,22,25)/t16-/m0/s1. The number of carbonyl (C=O) groups excluding carboxylic acids is 2. The van der Waals surface area contributed by atoms with Gasteiger partial charge in [0.25, 0.3) is 0 Å². The molecule has 0 aromatic heterocycles. The maximum Gasteiger partial charge on any atom is 0.229 e. The first-order chi connectivity index (χ1) is 12.5. The molecule has 0 radical (unpaired) electrons. The molecule has 136 valence electrons. The Morgan fingerprint density at radius 2 is 2.00 bits per heavy atom. The predicted molar refractivity (Wildman–Crippen MR) is 103 cm³/mol. The minimum atomic E-state index is -0.378. The molecule has 2 amide bonds. The van der Waals surface area contributed by atoms with E-state index in [4.69, 9.17) is 4.74 Å². The number of hydrogen-bond donors (Lipinski definition) is 1. The van der Waals surface area contributed by atoms with Gasteiger partial charge in [-0.25, -0.2) is 0 Å². The molecule has 0 unspecified atom stereocenters. The number of amides is 2. The lowest BCUT2D eigenvalue weighted by Gasteiger charge is -2.20. The van der Waals surface area contributed by atoms with Crippen LogP contribution in [0.25, 0.3) is 0 Å². The van der Waals surface area contributed by atoms with Crippen molar-refractivity contribution in [3.8, 4) is 5.75 Å². The first-order valence-corrected chi connectivity index (χ1v) is 8.87. The van der Waals surface area contributed by atoms with Gasteiger partial charge in [0.1, 0.15) is 5.75 Å². The first kappa shape index (κ1) is 18.0. The number of ether oxygens (including phenoxy) is 1. The van der Waals surface area contributed by atoms with E-state index >= 15 is 0 Å². The van der Waals surface area contributed by atoms with E-state index < -0.39 is 0 Å². The lowest BCUT2D eigenvalue weighted by molar-refractivity contribution is -0.122. The Kier molecular flexibility index (Phi) is 5.26. The second-order valence-electron chi connectivity index (χ2n) is 6.53. The van der Waals surface area contributed by atoms with Gasteiger partial charge in [-0.1, -0.05) is 37.3 Å². The summed E-state index contributed by atoms with van der Waals surface area (Å²) >= 11 is 0. The normalized spacial score (nSPS) is 16.7. The number of anilines is 2. The highest BCUT2D eigenvalue weighted by Gasteiger charge is 2.36. The summed E-state index contributed by atoms with van der Waals surface area (Å²) in [5.41, 5.74) is 3.71. The molecule has 1 heterocycles. The number of aryl methyl sites for hydroxylation is 2. The van der Waals surface area contributed by atoms with Gasteiger partial charge in [-0.05, 0) is 36.6 Å². The Labute approximate surface area is 154 Å². The van der Waals surface area contributed by atoms with E-state index in [0.29, 0.717) is 18.0 Å². The maximum absolute atomic E-state index is 12.8. The van der Waals surface area contributed by atoms with Crippen LogP contribution >= 0.6 is 0 Å². The molecule has 1 fully saturated rings. The van der Waals surface area contributed by atoms with Gasteiger partial charge in [0.2, 0.25) is 11.8 Å². The van der Waals surface area contributed by atoms with Gasteiger partial charge in [-0.15, -0.1) is 0 Å². The van der Waals surface area contributed by atoms with Crippen LogP contribution in [-0.2, 0) is 16.0 Å². The summed E-state index contributed by atoms with van der Waals surface area (Å²) in [7, 11) is 1.58. The summed E-state index contributed by atoms with van der Waals surface area (Å²) in [5.74, 6) is 0.0840. The highest BCUT2D eigenvalue weighted by molar-refractivity contribution is 6.04. The third-order valence-electron chi connectivity index (χ3n) is 4.86. The first-order valence-electron chi connectivity index (χ1n) is 8.87. The quantitative estimate of drug-likeness (QED) is 0.895. The fraction of sp³-hybridized carbons (Fsp3) is 0.333. The van der Waals surface area contributed by atoms with Crippen molar-refractivity contribution in [1.82, 2.24) is 0 Å². The Morgan fingerprint density at radius 3 is 2.73 bits per heavy atom. The maximum atomic E-state index is 12.8. The lowest BCUT2D eigenvalue weighted by atomic mass is 10.0. The van der Waals surface area contributed by atoms with Crippen molar-refractivity contribution in [2.75, 3.05) is 23.9 Å². The van der Waals surface area contributed by atoms with Crippen LogP contribution in [0.15, 0.2) is 42.5 Å². The topological polar surface area (TPSA) is 58.6 Å². The van der Waals surface area contributed by atoms with Crippen LogP contribution in [0.5, 0.6) is 5.75 Å². The van der Waals surface area contributed by atoms with Crippen LogP contribution in [0.4, 0.5) is 11.4 Å². The summed E-state index contributed by atoms with van der Waals surface area (Å²) in [5, 5.41) is 3.04. The van der Waals surface area contributed by atoms with Crippen LogP contribution in [0.1, 0.15) is 24.5 Å². The zero-order valence-corrected chi connectivity index (χ0v) is 15.4.